The Kier molecular flexibility index (Phi) is 18.5. The molecule has 0 aliphatic carbocycles. The quantitative estimate of drug-likeness (QED) is 0.298. The van der Waals surface area contributed by atoms with Crippen molar-refractivity contribution in [3.8, 4) is 0 Å². The molecule has 0 aromatic carbocycles. The normalized spacial score (nSPS) is 7.45. The summed E-state index contributed by atoms with van der Waals surface area (Å²) in [6.07, 6.45) is -2.33. The Morgan fingerprint density at radius 2 is 1.00 bits per heavy atom. The minimum atomic E-state index is -5.17. The van der Waals surface area contributed by atoms with Crippen LogP contribution in [0.25, 0.3) is 0 Å². The van der Waals surface area contributed by atoms with E-state index in [1.165, 1.54) is 0 Å². The average Bonchev–Trinajstić information content (AvgIpc) is 1.19. The molecule has 0 fully saturated rings. The van der Waals surface area contributed by atoms with E-state index < -0.39 is 16.6 Å². The van der Waals surface area contributed by atoms with Crippen LogP contribution in [0.4, 0.5) is 4.79 Å². The van der Waals surface area contributed by atoms with Crippen molar-refractivity contribution < 1.29 is 32.5 Å². The van der Waals surface area contributed by atoms with Gasteiger partial charge in [0.25, 0.3) is 0 Å². The van der Waals surface area contributed by atoms with Crippen molar-refractivity contribution in [1.29, 1.82) is 0 Å². The molecule has 0 aromatic rings. The van der Waals surface area contributed by atoms with E-state index in [-0.39, 0.29) is 12.3 Å². The Labute approximate surface area is 62.4 Å². The fourth-order valence-corrected chi connectivity index (χ4v) is 0. The van der Waals surface area contributed by atoms with Crippen LogP contribution in [0.3, 0.4) is 0 Å². The first-order valence-corrected chi connectivity index (χ1v) is 2.61. The van der Waals surface area contributed by atoms with E-state index in [1.807, 2.05) is 0 Å². The third-order valence-corrected chi connectivity index (χ3v) is 0. The number of quaternary nitrogens is 2. The largest absolute Gasteiger partial charge is 0.759 e. The summed E-state index contributed by atoms with van der Waals surface area (Å²) in [5.41, 5.74) is 0. The molecule has 9 nitrogen and oxygen atoms in total. The number of carboxylic acid groups (broad SMARTS) is 2. The molecule has 0 saturated carbocycles. The number of rotatable bonds is 0. The molecule has 0 radical (unpaired) electrons. The molecule has 0 aliphatic heterocycles. The maximum absolute atomic E-state index is 8.52. The van der Waals surface area contributed by atoms with Gasteiger partial charge >= 0.3 is 0 Å². The zero-order valence-electron chi connectivity index (χ0n) is 5.77. The van der Waals surface area contributed by atoms with E-state index in [0.29, 0.717) is 0 Å². The standard InChI is InChI=1S/CH2O3.2H3N.H2O4S/c2-1(3)4;;;1-5(2,3)4/h(H2,2,3,4);2*1H3;(H2,1,2,3,4)/p-2. The van der Waals surface area contributed by atoms with Crippen molar-refractivity contribution in [1.82, 2.24) is 12.3 Å². The van der Waals surface area contributed by atoms with Crippen LogP contribution in [0, 0.1) is 0 Å². The summed E-state index contributed by atoms with van der Waals surface area (Å²) < 4.78 is 34.1. The van der Waals surface area contributed by atoms with Crippen LogP contribution in [-0.2, 0) is 10.4 Å². The monoisotopic (exact) mass is 192 g/mol. The van der Waals surface area contributed by atoms with Gasteiger partial charge in [0.1, 0.15) is 0 Å². The lowest BCUT2D eigenvalue weighted by molar-refractivity contribution is -0.415. The molecule has 0 heterocycles. The van der Waals surface area contributed by atoms with Crippen molar-refractivity contribution in [2.45, 2.75) is 0 Å². The van der Waals surface area contributed by atoms with Gasteiger partial charge < -0.3 is 36.4 Å². The Morgan fingerprint density at radius 3 is 1.00 bits per heavy atom. The lowest BCUT2D eigenvalue weighted by atomic mass is 11.5. The van der Waals surface area contributed by atoms with Crippen LogP contribution in [0.1, 0.15) is 0 Å². The van der Waals surface area contributed by atoms with Crippen molar-refractivity contribution in [2.24, 2.45) is 0 Å². The second-order valence-electron chi connectivity index (χ2n) is 0.658. The van der Waals surface area contributed by atoms with Crippen molar-refractivity contribution >= 4 is 16.6 Å². The van der Waals surface area contributed by atoms with Crippen LogP contribution in [0.2, 0.25) is 0 Å². The number of hydrogen-bond donors (Lipinski definition) is 2. The first kappa shape index (κ1) is 22.5. The molecule has 11 heavy (non-hydrogen) atoms. The van der Waals surface area contributed by atoms with Gasteiger partial charge in [0.05, 0.1) is 0 Å². The molecule has 72 valence electrons. The van der Waals surface area contributed by atoms with Crippen LogP contribution in [0.5, 0.6) is 0 Å². The minimum absolute atomic E-state index is 0. The number of carbonyl (C=O) groups is 1. The molecular formula is CH8N2O7S-2. The maximum Gasteiger partial charge on any atom is 0.0311 e. The second kappa shape index (κ2) is 9.06. The first-order valence-electron chi connectivity index (χ1n) is 1.28. The summed E-state index contributed by atoms with van der Waals surface area (Å²) >= 11 is 0. The summed E-state index contributed by atoms with van der Waals surface area (Å²) in [5.74, 6) is 0. The average molecular weight is 192 g/mol. The Bertz CT molecular complexity index is 159. The molecule has 0 atom stereocenters. The highest BCUT2D eigenvalue weighted by atomic mass is 32.3. The fourth-order valence-electron chi connectivity index (χ4n) is 0. The molecule has 0 spiro atoms. The molecule has 0 rings (SSSR count). The Morgan fingerprint density at radius 1 is 1.00 bits per heavy atom. The Hall–Kier alpha value is -0.940. The number of hydrogen-bond acceptors (Lipinski definition) is 7. The zero-order chi connectivity index (χ0) is 8.08. The van der Waals surface area contributed by atoms with Crippen LogP contribution in [0.15, 0.2) is 0 Å². The van der Waals surface area contributed by atoms with E-state index in [2.05, 4.69) is 0 Å². The van der Waals surface area contributed by atoms with Crippen LogP contribution >= 0.6 is 0 Å². The highest BCUT2D eigenvalue weighted by Gasteiger charge is 1.49. The van der Waals surface area contributed by atoms with E-state index in [9.17, 15) is 0 Å². The summed E-state index contributed by atoms with van der Waals surface area (Å²) in [6, 6.07) is 0. The Balaban J connectivity index is -0.0000000383. The predicted molar refractivity (Wildman–Crippen MR) is 27.8 cm³/mol. The van der Waals surface area contributed by atoms with E-state index in [4.69, 9.17) is 32.5 Å². The van der Waals surface area contributed by atoms with E-state index in [1.54, 1.807) is 0 Å². The smallest absolute Gasteiger partial charge is 0.0311 e. The van der Waals surface area contributed by atoms with Gasteiger partial charge in [-0.2, -0.15) is 0 Å². The van der Waals surface area contributed by atoms with Gasteiger partial charge in [0.2, 0.25) is 0 Å². The lowest BCUT2D eigenvalue weighted by Gasteiger charge is -2.06. The highest BCUT2D eigenvalue weighted by molar-refractivity contribution is 7.79. The van der Waals surface area contributed by atoms with Gasteiger partial charge in [-0.25, -0.2) is 0 Å². The molecule has 0 aromatic heterocycles. The van der Waals surface area contributed by atoms with E-state index >= 15 is 0 Å². The predicted octanol–water partition coefficient (Wildman–Crippen LogP) is -3.03. The summed E-state index contributed by atoms with van der Waals surface area (Å²) in [7, 11) is -5.17. The molecule has 0 saturated heterocycles. The molecule has 10 heteroatoms. The highest BCUT2D eigenvalue weighted by Crippen LogP contribution is 1.57. The maximum atomic E-state index is 8.52. The summed E-state index contributed by atoms with van der Waals surface area (Å²) in [5, 5.41) is 16.7. The van der Waals surface area contributed by atoms with Crippen LogP contribution < -0.4 is 22.5 Å². The topological polar surface area (TPSA) is 216 Å². The minimum Gasteiger partial charge on any atom is -0.759 e. The van der Waals surface area contributed by atoms with Gasteiger partial charge in [-0.1, -0.05) is 0 Å². The van der Waals surface area contributed by atoms with E-state index in [0.717, 1.165) is 0 Å². The first-order chi connectivity index (χ1) is 3.73. The van der Waals surface area contributed by atoms with Crippen molar-refractivity contribution in [3.63, 3.8) is 0 Å². The molecule has 0 amide bonds. The third-order valence-electron chi connectivity index (χ3n) is 0. The van der Waals surface area contributed by atoms with Gasteiger partial charge in [-0.15, -0.1) is 0 Å². The number of carbonyl (C=O) groups excluding carboxylic acids is 1. The molecule has 0 aliphatic rings. The van der Waals surface area contributed by atoms with Gasteiger partial charge in [-0.3, -0.25) is 8.42 Å². The second-order valence-corrected chi connectivity index (χ2v) is 1.47. The summed E-state index contributed by atoms with van der Waals surface area (Å²) in [4.78, 5) is 8.33. The molecule has 0 unspecified atom stereocenters. The van der Waals surface area contributed by atoms with Gasteiger partial charge in [0.15, 0.2) is 0 Å². The zero-order valence-corrected chi connectivity index (χ0v) is 6.58. The van der Waals surface area contributed by atoms with Crippen LogP contribution in [-0.4, -0.2) is 23.7 Å². The molecular weight excluding hydrogens is 184 g/mol. The van der Waals surface area contributed by atoms with Gasteiger partial charge in [-0.05, 0) is 6.16 Å². The van der Waals surface area contributed by atoms with Crippen molar-refractivity contribution in [2.75, 3.05) is 0 Å². The summed E-state index contributed by atoms with van der Waals surface area (Å²) in [6.45, 7) is 0. The van der Waals surface area contributed by atoms with Gasteiger partial charge in [0, 0.05) is 10.4 Å². The lowest BCUT2D eigenvalue weighted by Crippen LogP contribution is -2.37. The fraction of sp³-hybridized carbons (Fsp3) is 0. The third kappa shape index (κ3) is 511. The molecule has 8 N–H and O–H groups in total. The SMILES string of the molecule is O=C([O-])[O-].O=S(=O)([O-])[O-].[NH4+].[NH4+]. The van der Waals surface area contributed by atoms with Crippen molar-refractivity contribution in [3.05, 3.63) is 0 Å². The molecule has 0 bridgehead atoms.